The van der Waals surface area contributed by atoms with E-state index in [0.717, 1.165) is 15.6 Å². The number of rotatable bonds is 7. The zero-order valence-electron chi connectivity index (χ0n) is 14.0. The number of hydrogen-bond acceptors (Lipinski definition) is 5. The van der Waals surface area contributed by atoms with Crippen molar-refractivity contribution in [1.29, 1.82) is 0 Å². The Kier molecular flexibility index (Phi) is 6.26. The number of halogens is 1. The van der Waals surface area contributed by atoms with Crippen LogP contribution in [0.4, 0.5) is 0 Å². The van der Waals surface area contributed by atoms with Crippen LogP contribution in [0.3, 0.4) is 0 Å². The van der Waals surface area contributed by atoms with E-state index in [1.165, 1.54) is 6.07 Å². The fraction of sp³-hybridized carbons (Fsp3) is 0.353. The summed E-state index contributed by atoms with van der Waals surface area (Å²) in [4.78, 5) is 13.2. The van der Waals surface area contributed by atoms with Crippen LogP contribution in [0.25, 0.3) is 0 Å². The van der Waals surface area contributed by atoms with Gasteiger partial charge < -0.3 is 5.11 Å². The Morgan fingerprint density at radius 1 is 1.28 bits per heavy atom. The lowest BCUT2D eigenvalue weighted by atomic mass is 9.83. The average molecular weight is 402 g/mol. The highest BCUT2D eigenvalue weighted by Gasteiger charge is 2.40. The fourth-order valence-corrected chi connectivity index (χ4v) is 5.22. The molecule has 1 amide bonds. The zero-order chi connectivity index (χ0) is 18.7. The zero-order valence-corrected chi connectivity index (χ0v) is 16.4. The molecule has 0 bridgehead atoms. The van der Waals surface area contributed by atoms with Crippen LogP contribution in [0.5, 0.6) is 0 Å². The van der Waals surface area contributed by atoms with Gasteiger partial charge in [0.05, 0.1) is 5.41 Å². The first-order valence-corrected chi connectivity index (χ1v) is 10.4. The van der Waals surface area contributed by atoms with Crippen molar-refractivity contribution < 1.29 is 18.3 Å². The number of thiophene rings is 1. The lowest BCUT2D eigenvalue weighted by Gasteiger charge is -2.31. The Bertz CT molecular complexity index is 832. The molecular weight excluding hydrogens is 382 g/mol. The summed E-state index contributed by atoms with van der Waals surface area (Å²) in [6.45, 7) is 3.04. The number of amides is 1. The van der Waals surface area contributed by atoms with Crippen molar-refractivity contribution in [2.75, 3.05) is 13.2 Å². The van der Waals surface area contributed by atoms with Crippen molar-refractivity contribution in [2.45, 2.75) is 29.9 Å². The molecule has 1 aromatic carbocycles. The van der Waals surface area contributed by atoms with Gasteiger partial charge in [-0.25, -0.2) is 12.7 Å². The van der Waals surface area contributed by atoms with Crippen molar-refractivity contribution in [3.63, 3.8) is 0 Å². The van der Waals surface area contributed by atoms with Crippen molar-refractivity contribution in [3.8, 4) is 0 Å². The van der Waals surface area contributed by atoms with Crippen LogP contribution in [0.15, 0.2) is 46.0 Å². The summed E-state index contributed by atoms with van der Waals surface area (Å²) in [5.41, 5.74) is -0.467. The normalized spacial score (nSPS) is 12.2. The molecule has 5 nitrogen and oxygen atoms in total. The Hall–Kier alpha value is -1.41. The van der Waals surface area contributed by atoms with Gasteiger partial charge in [0.25, 0.3) is 10.0 Å². The number of nitrogens with zero attached hydrogens (tertiary/aromatic N) is 1. The van der Waals surface area contributed by atoms with Gasteiger partial charge in [0.1, 0.15) is 4.21 Å². The topological polar surface area (TPSA) is 74.7 Å². The summed E-state index contributed by atoms with van der Waals surface area (Å²) in [6, 6.07) is 9.89. The monoisotopic (exact) mass is 401 g/mol. The summed E-state index contributed by atoms with van der Waals surface area (Å²) in [7, 11) is -3.97. The molecule has 0 saturated heterocycles. The molecule has 0 fully saturated rings. The smallest absolute Gasteiger partial charge is 0.276 e. The van der Waals surface area contributed by atoms with E-state index in [0.29, 0.717) is 10.6 Å². The molecule has 1 heterocycles. The second-order valence-corrected chi connectivity index (χ2v) is 9.50. The van der Waals surface area contributed by atoms with Gasteiger partial charge in [0.15, 0.2) is 0 Å². The summed E-state index contributed by atoms with van der Waals surface area (Å²) in [6.07, 6.45) is 0.169. The minimum atomic E-state index is -3.97. The van der Waals surface area contributed by atoms with Crippen LogP contribution < -0.4 is 0 Å². The third-order valence-corrected chi connectivity index (χ3v) is 7.26. The lowest BCUT2D eigenvalue weighted by molar-refractivity contribution is -0.131. The highest BCUT2D eigenvalue weighted by Crippen LogP contribution is 2.31. The van der Waals surface area contributed by atoms with E-state index in [1.807, 2.05) is 0 Å². The number of aliphatic hydroxyl groups excluding tert-OH is 1. The molecule has 8 heteroatoms. The van der Waals surface area contributed by atoms with E-state index in [1.54, 1.807) is 49.6 Å². The predicted octanol–water partition coefficient (Wildman–Crippen LogP) is 3.28. The molecular formula is C17H20ClNO4S2. The molecule has 2 rings (SSSR count). The highest BCUT2D eigenvalue weighted by atomic mass is 35.5. The van der Waals surface area contributed by atoms with Gasteiger partial charge in [-0.05, 0) is 49.4 Å². The fourth-order valence-electron chi connectivity index (χ4n) is 2.38. The van der Waals surface area contributed by atoms with Gasteiger partial charge in [-0.2, -0.15) is 0 Å². The van der Waals surface area contributed by atoms with Crippen LogP contribution in [-0.4, -0.2) is 36.9 Å². The average Bonchev–Trinajstić information content (AvgIpc) is 3.10. The number of aliphatic hydroxyl groups is 1. The van der Waals surface area contributed by atoms with E-state index in [9.17, 15) is 13.2 Å². The van der Waals surface area contributed by atoms with Crippen molar-refractivity contribution >= 4 is 38.9 Å². The number of carbonyl (C=O) groups excluding carboxylic acids is 1. The second-order valence-electron chi connectivity index (χ2n) is 6.03. The molecule has 1 N–H and O–H groups in total. The first-order chi connectivity index (χ1) is 11.7. The number of hydrogen-bond donors (Lipinski definition) is 1. The molecule has 0 aliphatic carbocycles. The Morgan fingerprint density at radius 2 is 2.00 bits per heavy atom. The SMILES string of the molecule is CC(C)(C(=O)N(CCCO)S(=O)(=O)c1cccs1)c1cccc(Cl)c1. The predicted molar refractivity (Wildman–Crippen MR) is 99.4 cm³/mol. The van der Waals surface area contributed by atoms with Gasteiger partial charge in [0.2, 0.25) is 5.91 Å². The summed E-state index contributed by atoms with van der Waals surface area (Å²) in [5, 5.41) is 11.2. The molecule has 136 valence electrons. The van der Waals surface area contributed by atoms with Crippen molar-refractivity contribution in [3.05, 3.63) is 52.4 Å². The van der Waals surface area contributed by atoms with E-state index in [4.69, 9.17) is 16.7 Å². The van der Waals surface area contributed by atoms with E-state index < -0.39 is 21.3 Å². The maximum atomic E-state index is 13.2. The molecule has 0 aliphatic heterocycles. The molecule has 0 saturated carbocycles. The minimum absolute atomic E-state index is 0.0838. The van der Waals surface area contributed by atoms with Gasteiger partial charge in [-0.1, -0.05) is 29.8 Å². The Morgan fingerprint density at radius 3 is 2.56 bits per heavy atom. The van der Waals surface area contributed by atoms with Gasteiger partial charge in [-0.15, -0.1) is 11.3 Å². The van der Waals surface area contributed by atoms with E-state index in [2.05, 4.69) is 0 Å². The second kappa shape index (κ2) is 7.86. The quantitative estimate of drug-likeness (QED) is 0.772. The van der Waals surface area contributed by atoms with Crippen LogP contribution in [0.2, 0.25) is 5.02 Å². The maximum Gasteiger partial charge on any atom is 0.276 e. The summed E-state index contributed by atoms with van der Waals surface area (Å²) >= 11 is 7.07. The van der Waals surface area contributed by atoms with Crippen LogP contribution in [-0.2, 0) is 20.2 Å². The lowest BCUT2D eigenvalue weighted by Crippen LogP contribution is -2.47. The largest absolute Gasteiger partial charge is 0.396 e. The molecule has 2 aromatic rings. The summed E-state index contributed by atoms with van der Waals surface area (Å²) in [5.74, 6) is -0.559. The molecule has 25 heavy (non-hydrogen) atoms. The first kappa shape index (κ1) is 19.9. The third-order valence-electron chi connectivity index (χ3n) is 3.87. The van der Waals surface area contributed by atoms with Crippen LogP contribution >= 0.6 is 22.9 Å². The number of benzene rings is 1. The van der Waals surface area contributed by atoms with Gasteiger partial charge in [0, 0.05) is 18.2 Å². The molecule has 0 radical (unpaired) electrons. The molecule has 0 spiro atoms. The third kappa shape index (κ3) is 4.23. The van der Waals surface area contributed by atoms with E-state index in [-0.39, 0.29) is 23.8 Å². The first-order valence-electron chi connectivity index (χ1n) is 7.69. The van der Waals surface area contributed by atoms with Crippen LogP contribution in [0.1, 0.15) is 25.8 Å². The molecule has 1 aromatic heterocycles. The summed E-state index contributed by atoms with van der Waals surface area (Å²) < 4.78 is 26.7. The van der Waals surface area contributed by atoms with Crippen molar-refractivity contribution in [1.82, 2.24) is 4.31 Å². The van der Waals surface area contributed by atoms with Gasteiger partial charge >= 0.3 is 0 Å². The van der Waals surface area contributed by atoms with E-state index >= 15 is 0 Å². The Balaban J connectivity index is 2.45. The van der Waals surface area contributed by atoms with Crippen LogP contribution in [0, 0.1) is 0 Å². The standard InChI is InChI=1S/C17H20ClNO4S2/c1-17(2,13-6-3-7-14(18)12-13)16(21)19(9-5-10-20)25(22,23)15-8-4-11-24-15/h3-4,6-8,11-12,20H,5,9-10H2,1-2H3. The number of carbonyl (C=O) groups is 1. The van der Waals surface area contributed by atoms with Crippen molar-refractivity contribution in [2.24, 2.45) is 0 Å². The van der Waals surface area contributed by atoms with Gasteiger partial charge in [-0.3, -0.25) is 4.79 Å². The molecule has 0 unspecified atom stereocenters. The molecule has 0 aliphatic rings. The minimum Gasteiger partial charge on any atom is -0.396 e. The maximum absolute atomic E-state index is 13.2. The Labute approximate surface area is 156 Å². The number of sulfonamides is 1. The highest BCUT2D eigenvalue weighted by molar-refractivity contribution is 7.91. The molecule has 0 atom stereocenters.